The van der Waals surface area contributed by atoms with E-state index in [-0.39, 0.29) is 23.6 Å². The summed E-state index contributed by atoms with van der Waals surface area (Å²) in [5.74, 6) is -1.39. The van der Waals surface area contributed by atoms with Crippen LogP contribution in [0.3, 0.4) is 0 Å². The number of thiazole rings is 1. The maximum Gasteiger partial charge on any atom is 0.273 e. The predicted molar refractivity (Wildman–Crippen MR) is 118 cm³/mol. The van der Waals surface area contributed by atoms with Crippen molar-refractivity contribution in [3.8, 4) is 11.3 Å². The number of carbonyl (C=O) groups is 1. The molecular weight excluding hydrogens is 448 g/mol. The van der Waals surface area contributed by atoms with Gasteiger partial charge in [0.2, 0.25) is 0 Å². The van der Waals surface area contributed by atoms with Crippen LogP contribution in [0.5, 0.6) is 0 Å². The topological polar surface area (TPSA) is 85.8 Å². The number of nitrogens with one attached hydrogen (secondary N) is 1. The van der Waals surface area contributed by atoms with Crippen molar-refractivity contribution in [1.29, 1.82) is 0 Å². The van der Waals surface area contributed by atoms with Crippen molar-refractivity contribution >= 4 is 17.2 Å². The number of hydrogen-bond donors (Lipinski definition) is 1. The molecular formula is C23H21F2N5O2S. The third-order valence-corrected chi connectivity index (χ3v) is 7.00. The second kappa shape index (κ2) is 8.18. The van der Waals surface area contributed by atoms with E-state index in [2.05, 4.69) is 21.0 Å². The predicted octanol–water partition coefficient (Wildman–Crippen LogP) is 4.42. The van der Waals surface area contributed by atoms with Crippen LogP contribution in [0.25, 0.3) is 11.3 Å². The smallest absolute Gasteiger partial charge is 0.273 e. The lowest BCUT2D eigenvalue weighted by atomic mass is 9.85. The number of aromatic nitrogens is 4. The highest BCUT2D eigenvalue weighted by atomic mass is 32.1. The second-order valence-electron chi connectivity index (χ2n) is 8.47. The van der Waals surface area contributed by atoms with Crippen molar-refractivity contribution in [2.45, 2.75) is 31.1 Å². The van der Waals surface area contributed by atoms with Crippen LogP contribution in [0.4, 0.5) is 8.78 Å². The first-order chi connectivity index (χ1) is 15.8. The van der Waals surface area contributed by atoms with E-state index >= 15 is 0 Å². The minimum Gasteiger partial charge on any atom is -0.355 e. The molecule has 0 spiro atoms. The van der Waals surface area contributed by atoms with E-state index in [1.807, 2.05) is 20.2 Å². The molecule has 10 heteroatoms. The van der Waals surface area contributed by atoms with Gasteiger partial charge in [-0.15, -0.1) is 11.3 Å². The summed E-state index contributed by atoms with van der Waals surface area (Å²) in [6.45, 7) is 2.27. The lowest BCUT2D eigenvalue weighted by Crippen LogP contribution is -2.39. The number of benzene rings is 1. The van der Waals surface area contributed by atoms with Gasteiger partial charge in [-0.3, -0.25) is 9.48 Å². The van der Waals surface area contributed by atoms with E-state index in [4.69, 9.17) is 9.51 Å². The Hall–Kier alpha value is -3.40. The van der Waals surface area contributed by atoms with Gasteiger partial charge in [-0.1, -0.05) is 5.16 Å². The molecule has 1 fully saturated rings. The van der Waals surface area contributed by atoms with Gasteiger partial charge in [-0.25, -0.2) is 13.8 Å². The first-order valence-corrected chi connectivity index (χ1v) is 11.4. The molecule has 0 saturated heterocycles. The van der Waals surface area contributed by atoms with Gasteiger partial charge in [0, 0.05) is 48.8 Å². The van der Waals surface area contributed by atoms with Gasteiger partial charge < -0.3 is 9.84 Å². The normalized spacial score (nSPS) is 15.4. The van der Waals surface area contributed by atoms with E-state index < -0.39 is 23.0 Å². The number of hydrogen-bond acceptors (Lipinski definition) is 6. The Morgan fingerprint density at radius 3 is 2.85 bits per heavy atom. The van der Waals surface area contributed by atoms with Crippen molar-refractivity contribution in [1.82, 2.24) is 25.2 Å². The molecule has 4 aromatic rings. The molecule has 5 rings (SSSR count). The lowest BCUT2D eigenvalue weighted by Gasteiger charge is -2.26. The van der Waals surface area contributed by atoms with Crippen LogP contribution in [0.1, 0.15) is 52.4 Å². The average molecular weight is 470 g/mol. The highest BCUT2D eigenvalue weighted by Crippen LogP contribution is 2.42. The Bertz CT molecular complexity index is 1330. The zero-order valence-electron chi connectivity index (χ0n) is 18.0. The summed E-state index contributed by atoms with van der Waals surface area (Å²) >= 11 is 1.57. The monoisotopic (exact) mass is 469 g/mol. The van der Waals surface area contributed by atoms with Crippen molar-refractivity contribution < 1.29 is 18.1 Å². The summed E-state index contributed by atoms with van der Waals surface area (Å²) in [4.78, 5) is 17.7. The molecule has 0 aliphatic heterocycles. The molecule has 1 aromatic carbocycles. The molecule has 7 nitrogen and oxygen atoms in total. The standard InChI is InChI=1S/C23H21F2N5O2S/c1-23(14-9-27-30(2)10-14,22-28-19(11-33-22)13-3-4-13)12-26-21(31)18-8-20(32-29-18)16-6-5-15(24)7-17(16)25/h5-11,13H,3-4,12H2,1-2H3,(H,26,31). The van der Waals surface area contributed by atoms with E-state index in [0.29, 0.717) is 5.92 Å². The molecule has 0 bridgehead atoms. The summed E-state index contributed by atoms with van der Waals surface area (Å²) in [7, 11) is 1.84. The highest BCUT2D eigenvalue weighted by molar-refractivity contribution is 7.09. The van der Waals surface area contributed by atoms with E-state index in [9.17, 15) is 13.6 Å². The fraction of sp³-hybridized carbons (Fsp3) is 0.304. The summed E-state index contributed by atoms with van der Waals surface area (Å²) in [5, 5.41) is 13.9. The molecule has 1 amide bonds. The van der Waals surface area contributed by atoms with Crippen LogP contribution in [0, 0.1) is 11.6 Å². The Morgan fingerprint density at radius 2 is 2.15 bits per heavy atom. The number of carbonyl (C=O) groups excluding carboxylic acids is 1. The Balaban J connectivity index is 1.37. The van der Waals surface area contributed by atoms with E-state index in [1.54, 1.807) is 22.2 Å². The fourth-order valence-corrected chi connectivity index (χ4v) is 4.75. The van der Waals surface area contributed by atoms with Gasteiger partial charge in [0.05, 0.1) is 22.9 Å². The summed E-state index contributed by atoms with van der Waals surface area (Å²) in [5.41, 5.74) is 1.45. The minimum absolute atomic E-state index is 0.0000647. The van der Waals surface area contributed by atoms with E-state index in [1.165, 1.54) is 12.1 Å². The van der Waals surface area contributed by atoms with Crippen molar-refractivity contribution in [2.75, 3.05) is 6.54 Å². The maximum absolute atomic E-state index is 14.0. The van der Waals surface area contributed by atoms with Crippen LogP contribution in [-0.4, -0.2) is 32.4 Å². The lowest BCUT2D eigenvalue weighted by molar-refractivity contribution is 0.0938. The SMILES string of the molecule is Cn1cc(C(C)(CNC(=O)c2cc(-c3ccc(F)cc3F)on2)c2nc(C3CC3)cs2)cn1. The van der Waals surface area contributed by atoms with Crippen LogP contribution in [-0.2, 0) is 12.5 Å². The molecule has 33 heavy (non-hydrogen) atoms. The quantitative estimate of drug-likeness (QED) is 0.433. The highest BCUT2D eigenvalue weighted by Gasteiger charge is 2.36. The average Bonchev–Trinajstić information content (AvgIpc) is 3.19. The molecule has 170 valence electrons. The maximum atomic E-state index is 14.0. The summed E-state index contributed by atoms with van der Waals surface area (Å²) in [6, 6.07) is 4.44. The molecule has 1 aliphatic rings. The second-order valence-corrected chi connectivity index (χ2v) is 9.33. The van der Waals surface area contributed by atoms with Crippen molar-refractivity contribution in [3.63, 3.8) is 0 Å². The van der Waals surface area contributed by atoms with E-state index in [0.717, 1.165) is 41.2 Å². The number of rotatable bonds is 7. The fourth-order valence-electron chi connectivity index (χ4n) is 3.66. The number of halogens is 2. The largest absolute Gasteiger partial charge is 0.355 e. The summed E-state index contributed by atoms with van der Waals surface area (Å²) in [6.07, 6.45) is 6.01. The molecule has 1 saturated carbocycles. The molecule has 1 N–H and O–H groups in total. The molecule has 1 aliphatic carbocycles. The number of aryl methyl sites for hydroxylation is 1. The van der Waals surface area contributed by atoms with Gasteiger partial charge in [0.15, 0.2) is 11.5 Å². The molecule has 1 atom stereocenters. The third kappa shape index (κ3) is 4.18. The number of amides is 1. The molecule has 3 aromatic heterocycles. The van der Waals surface area contributed by atoms with Crippen LogP contribution in [0.15, 0.2) is 46.6 Å². The third-order valence-electron chi connectivity index (χ3n) is 5.87. The number of nitrogens with zero attached hydrogens (tertiary/aromatic N) is 4. The van der Waals surface area contributed by atoms with Gasteiger partial charge in [0.25, 0.3) is 5.91 Å². The van der Waals surface area contributed by atoms with Gasteiger partial charge in [-0.05, 0) is 31.9 Å². The Kier molecular flexibility index (Phi) is 5.32. The molecule has 0 radical (unpaired) electrons. The zero-order chi connectivity index (χ0) is 23.2. The van der Waals surface area contributed by atoms with Gasteiger partial charge in [0.1, 0.15) is 16.6 Å². The van der Waals surface area contributed by atoms with Gasteiger partial charge in [-0.2, -0.15) is 5.10 Å². The van der Waals surface area contributed by atoms with Crippen LogP contribution >= 0.6 is 11.3 Å². The summed E-state index contributed by atoms with van der Waals surface area (Å²) < 4.78 is 34.1. The zero-order valence-corrected chi connectivity index (χ0v) is 18.8. The van der Waals surface area contributed by atoms with Crippen molar-refractivity contribution in [2.24, 2.45) is 7.05 Å². The van der Waals surface area contributed by atoms with Crippen LogP contribution in [0.2, 0.25) is 0 Å². The molecule has 3 heterocycles. The van der Waals surface area contributed by atoms with Crippen LogP contribution < -0.4 is 5.32 Å². The Morgan fingerprint density at radius 1 is 1.33 bits per heavy atom. The first kappa shape index (κ1) is 21.4. The Labute approximate surface area is 192 Å². The minimum atomic E-state index is -0.794. The van der Waals surface area contributed by atoms with Crippen molar-refractivity contribution in [3.05, 3.63) is 75.6 Å². The first-order valence-electron chi connectivity index (χ1n) is 10.5. The van der Waals surface area contributed by atoms with Gasteiger partial charge >= 0.3 is 0 Å². The molecule has 1 unspecified atom stereocenters.